The average Bonchev–Trinajstić information content (AvgIpc) is 2.63. The fraction of sp³-hybridized carbons (Fsp3) is 0.208. The lowest BCUT2D eigenvalue weighted by atomic mass is 9.87. The first kappa shape index (κ1) is 20.9. The largest absolute Gasteiger partial charge is 0.481 e. The Morgan fingerprint density at radius 3 is 1.52 bits per heavy atom. The van der Waals surface area contributed by atoms with Gasteiger partial charge in [-0.25, -0.2) is 0 Å². The lowest BCUT2D eigenvalue weighted by Gasteiger charge is -2.28. The van der Waals surface area contributed by atoms with Gasteiger partial charge in [-0.2, -0.15) is 0 Å². The number of benzene rings is 3. The van der Waals surface area contributed by atoms with Gasteiger partial charge in [0.25, 0.3) is 5.97 Å². The van der Waals surface area contributed by atoms with E-state index in [1.54, 1.807) is 0 Å². The minimum atomic E-state index is -0.833. The van der Waals surface area contributed by atoms with E-state index in [1.807, 2.05) is 0 Å². The van der Waals surface area contributed by atoms with E-state index < -0.39 is 13.9 Å². The lowest BCUT2D eigenvalue weighted by molar-refractivity contribution is -0.134. The maximum atomic E-state index is 9.00. The molecule has 3 aromatic carbocycles. The summed E-state index contributed by atoms with van der Waals surface area (Å²) in [4.78, 5) is 9.00. The number of carboxylic acid groups (broad SMARTS) is 1. The van der Waals surface area contributed by atoms with Crippen LogP contribution in [0.4, 0.5) is 0 Å². The Labute approximate surface area is 163 Å². The third kappa shape index (κ3) is 6.05. The van der Waals surface area contributed by atoms with Crippen LogP contribution in [0.25, 0.3) is 0 Å². The van der Waals surface area contributed by atoms with Crippen molar-refractivity contribution in [3.8, 4) is 0 Å². The zero-order valence-corrected chi connectivity index (χ0v) is 17.3. The summed E-state index contributed by atoms with van der Waals surface area (Å²) in [6.45, 7) is 7.99. The average molecular weight is 378 g/mol. The van der Waals surface area contributed by atoms with Gasteiger partial charge in [0.1, 0.15) is 0 Å². The van der Waals surface area contributed by atoms with Gasteiger partial charge in [0, 0.05) is 6.92 Å². The van der Waals surface area contributed by atoms with Crippen LogP contribution in [0, 0.1) is 0 Å². The summed E-state index contributed by atoms with van der Waals surface area (Å²) in [5.74, 6) is -0.833. The topological polar surface area (TPSA) is 37.3 Å². The number of hydrogen-bond acceptors (Lipinski definition) is 1. The van der Waals surface area contributed by atoms with E-state index >= 15 is 0 Å². The third-order valence-electron chi connectivity index (χ3n) is 3.98. The summed E-state index contributed by atoms with van der Waals surface area (Å²) in [6.07, 6.45) is 0. The molecule has 0 atom stereocenters. The summed E-state index contributed by atoms with van der Waals surface area (Å²) >= 11 is 0. The van der Waals surface area contributed by atoms with Crippen LogP contribution >= 0.6 is 7.92 Å². The molecule has 2 nitrogen and oxygen atoms in total. The van der Waals surface area contributed by atoms with Gasteiger partial charge in [-0.3, -0.25) is 4.79 Å². The first-order valence-corrected chi connectivity index (χ1v) is 10.3. The molecule has 140 valence electrons. The molecule has 0 amide bonds. The van der Waals surface area contributed by atoms with E-state index in [0.29, 0.717) is 0 Å². The van der Waals surface area contributed by atoms with Gasteiger partial charge in [0.15, 0.2) is 0 Å². The van der Waals surface area contributed by atoms with Crippen molar-refractivity contribution >= 4 is 29.8 Å². The smallest absolute Gasteiger partial charge is 0.300 e. The van der Waals surface area contributed by atoms with Crippen LogP contribution in [0.15, 0.2) is 84.9 Å². The molecule has 0 spiro atoms. The van der Waals surface area contributed by atoms with Gasteiger partial charge < -0.3 is 5.11 Å². The number of rotatable bonds is 3. The fourth-order valence-electron chi connectivity index (χ4n) is 2.88. The van der Waals surface area contributed by atoms with Crippen LogP contribution in [0.3, 0.4) is 0 Å². The second kappa shape index (κ2) is 9.48. The summed E-state index contributed by atoms with van der Waals surface area (Å²) in [7, 11) is -0.531. The van der Waals surface area contributed by atoms with Gasteiger partial charge in [0.2, 0.25) is 0 Å². The van der Waals surface area contributed by atoms with Crippen molar-refractivity contribution in [2.24, 2.45) is 0 Å². The van der Waals surface area contributed by atoms with Crippen LogP contribution in [0.5, 0.6) is 0 Å². The molecule has 3 heteroatoms. The van der Waals surface area contributed by atoms with Crippen molar-refractivity contribution in [1.82, 2.24) is 0 Å². The molecule has 3 aromatic rings. The van der Waals surface area contributed by atoms with Crippen LogP contribution in [-0.4, -0.2) is 11.1 Å². The van der Waals surface area contributed by atoms with Crippen LogP contribution < -0.4 is 15.9 Å². The van der Waals surface area contributed by atoms with E-state index in [9.17, 15) is 0 Å². The molecule has 27 heavy (non-hydrogen) atoms. The second-order valence-corrected chi connectivity index (χ2v) is 9.48. The first-order chi connectivity index (χ1) is 12.8. The quantitative estimate of drug-likeness (QED) is 0.663. The van der Waals surface area contributed by atoms with Crippen molar-refractivity contribution in [3.05, 3.63) is 90.5 Å². The minimum Gasteiger partial charge on any atom is -0.481 e. The van der Waals surface area contributed by atoms with Crippen LogP contribution in [0.1, 0.15) is 33.3 Å². The molecule has 1 N–H and O–H groups in total. The summed E-state index contributed by atoms with van der Waals surface area (Å²) in [5, 5.41) is 11.7. The van der Waals surface area contributed by atoms with Crippen molar-refractivity contribution in [3.63, 3.8) is 0 Å². The van der Waals surface area contributed by atoms with Crippen LogP contribution in [0.2, 0.25) is 0 Å². The Balaban J connectivity index is 0.000000596. The lowest BCUT2D eigenvalue weighted by Crippen LogP contribution is -2.28. The van der Waals surface area contributed by atoms with Crippen LogP contribution in [-0.2, 0) is 10.2 Å². The second-order valence-electron chi connectivity index (χ2n) is 7.29. The van der Waals surface area contributed by atoms with Gasteiger partial charge in [0.05, 0.1) is 0 Å². The molecule has 0 heterocycles. The Kier molecular flexibility index (Phi) is 7.33. The zero-order valence-electron chi connectivity index (χ0n) is 16.4. The predicted molar refractivity (Wildman–Crippen MR) is 117 cm³/mol. The molecule has 3 rings (SSSR count). The molecular weight excluding hydrogens is 351 g/mol. The Bertz CT molecular complexity index is 809. The predicted octanol–water partition coefficient (Wildman–Crippen LogP) is 4.83. The highest BCUT2D eigenvalue weighted by atomic mass is 31.1. The summed E-state index contributed by atoms with van der Waals surface area (Å²) in [6, 6.07) is 30.8. The molecule has 0 aromatic heterocycles. The van der Waals surface area contributed by atoms with Gasteiger partial charge >= 0.3 is 0 Å². The molecule has 0 fully saturated rings. The monoisotopic (exact) mass is 378 g/mol. The van der Waals surface area contributed by atoms with Crippen molar-refractivity contribution in [2.75, 3.05) is 0 Å². The molecule has 0 saturated carbocycles. The van der Waals surface area contributed by atoms with Crippen molar-refractivity contribution < 1.29 is 9.90 Å². The highest BCUT2D eigenvalue weighted by molar-refractivity contribution is 7.79. The normalized spacial score (nSPS) is 10.9. The van der Waals surface area contributed by atoms with E-state index in [1.165, 1.54) is 21.5 Å². The highest BCUT2D eigenvalue weighted by Crippen LogP contribution is 2.37. The Morgan fingerprint density at radius 1 is 0.741 bits per heavy atom. The van der Waals surface area contributed by atoms with E-state index in [4.69, 9.17) is 9.90 Å². The number of aliphatic carboxylic acids is 1. The first-order valence-electron chi connectivity index (χ1n) is 9.00. The van der Waals surface area contributed by atoms with E-state index in [2.05, 4.69) is 106 Å². The molecule has 0 radical (unpaired) electrons. The van der Waals surface area contributed by atoms with Crippen molar-refractivity contribution in [1.29, 1.82) is 0 Å². The minimum absolute atomic E-state index is 0.140. The number of hydrogen-bond donors (Lipinski definition) is 1. The van der Waals surface area contributed by atoms with Crippen molar-refractivity contribution in [2.45, 2.75) is 33.1 Å². The molecule has 0 aliphatic rings. The fourth-order valence-corrected chi connectivity index (χ4v) is 5.57. The molecule has 0 saturated heterocycles. The van der Waals surface area contributed by atoms with Gasteiger partial charge in [-0.1, -0.05) is 106 Å². The maximum absolute atomic E-state index is 9.00. The van der Waals surface area contributed by atoms with E-state index in [-0.39, 0.29) is 5.41 Å². The highest BCUT2D eigenvalue weighted by Gasteiger charge is 2.24. The molecular formula is C24H27O2P. The molecule has 0 bridgehead atoms. The SMILES string of the molecule is CC(=O)O.CC(C)(C)c1ccccc1P(c1ccccc1)c1ccccc1. The van der Waals surface area contributed by atoms with Gasteiger partial charge in [-0.05, 0) is 34.8 Å². The number of carbonyl (C=O) groups is 1. The number of carboxylic acids is 1. The Morgan fingerprint density at radius 2 is 1.11 bits per heavy atom. The van der Waals surface area contributed by atoms with Gasteiger partial charge in [-0.15, -0.1) is 0 Å². The maximum Gasteiger partial charge on any atom is 0.300 e. The third-order valence-corrected chi connectivity index (χ3v) is 6.48. The van der Waals surface area contributed by atoms with E-state index in [0.717, 1.165) is 6.92 Å². The molecule has 0 aliphatic heterocycles. The summed E-state index contributed by atoms with van der Waals surface area (Å²) in [5.41, 5.74) is 1.58. The summed E-state index contributed by atoms with van der Waals surface area (Å²) < 4.78 is 0. The zero-order chi connectivity index (χ0) is 19.9. The Hall–Kier alpha value is -2.44. The molecule has 0 unspecified atom stereocenters. The standard InChI is InChI=1S/C22H23P.C2H4O2/c1-22(2,3)20-16-10-11-17-21(20)23(18-12-6-4-7-13-18)19-14-8-5-9-15-19;1-2(3)4/h4-17H,1-3H3;1H3,(H,3,4). The molecule has 0 aliphatic carbocycles.